The van der Waals surface area contributed by atoms with Gasteiger partial charge >= 0.3 is 5.76 Å². The third-order valence-electron chi connectivity index (χ3n) is 3.01. The Labute approximate surface area is 123 Å². The Hall–Kier alpha value is -1.91. The fourth-order valence-electron chi connectivity index (χ4n) is 2.07. The van der Waals surface area contributed by atoms with Crippen LogP contribution in [0.4, 0.5) is 0 Å². The number of rotatable bonds is 2. The maximum Gasteiger partial charge on any atom is 0.420 e. The van der Waals surface area contributed by atoms with Crippen molar-refractivity contribution in [3.63, 3.8) is 0 Å². The Morgan fingerprint density at radius 1 is 1.20 bits per heavy atom. The van der Waals surface area contributed by atoms with Gasteiger partial charge in [-0.05, 0) is 29.8 Å². The van der Waals surface area contributed by atoms with Gasteiger partial charge in [0.15, 0.2) is 5.58 Å². The lowest BCUT2D eigenvalue weighted by molar-refractivity contribution is 0.477. The summed E-state index contributed by atoms with van der Waals surface area (Å²) in [7, 11) is 0. The number of phenols is 1. The van der Waals surface area contributed by atoms with Crippen molar-refractivity contribution in [1.29, 1.82) is 0 Å². The molecular formula is C14H9Cl2NO3. The topological polar surface area (TPSA) is 55.4 Å². The highest BCUT2D eigenvalue weighted by Crippen LogP contribution is 2.26. The lowest BCUT2D eigenvalue weighted by Crippen LogP contribution is -2.15. The first-order valence-corrected chi connectivity index (χ1v) is 6.57. The minimum Gasteiger partial charge on any atom is -0.506 e. The summed E-state index contributed by atoms with van der Waals surface area (Å²) in [5.41, 5.74) is 1.40. The molecule has 0 aliphatic carbocycles. The molecule has 0 radical (unpaired) electrons. The maximum absolute atomic E-state index is 11.9. The third kappa shape index (κ3) is 2.17. The van der Waals surface area contributed by atoms with Crippen LogP contribution in [0.5, 0.6) is 5.75 Å². The second-order valence-electron chi connectivity index (χ2n) is 4.31. The molecule has 1 heterocycles. The summed E-state index contributed by atoms with van der Waals surface area (Å²) >= 11 is 11.9. The summed E-state index contributed by atoms with van der Waals surface area (Å²) in [6.45, 7) is 0.194. The highest BCUT2D eigenvalue weighted by Gasteiger charge is 2.14. The molecule has 1 aromatic heterocycles. The fraction of sp³-hybridized carbons (Fsp3) is 0.0714. The van der Waals surface area contributed by atoms with Gasteiger partial charge in [0.05, 0.1) is 6.54 Å². The molecule has 0 amide bonds. The Morgan fingerprint density at radius 3 is 2.75 bits per heavy atom. The smallest absolute Gasteiger partial charge is 0.420 e. The number of para-hydroxylation sites is 1. The molecule has 102 valence electrons. The molecule has 0 unspecified atom stereocenters. The molecule has 0 saturated carbocycles. The molecule has 2 aromatic carbocycles. The van der Waals surface area contributed by atoms with Gasteiger partial charge < -0.3 is 9.52 Å². The number of benzene rings is 2. The van der Waals surface area contributed by atoms with Gasteiger partial charge in [0, 0.05) is 10.0 Å². The van der Waals surface area contributed by atoms with E-state index in [0.29, 0.717) is 26.7 Å². The molecule has 20 heavy (non-hydrogen) atoms. The van der Waals surface area contributed by atoms with Crippen LogP contribution in [0.15, 0.2) is 45.6 Å². The minimum absolute atomic E-state index is 0.0153. The van der Waals surface area contributed by atoms with Crippen LogP contribution in [0.3, 0.4) is 0 Å². The average Bonchev–Trinajstić information content (AvgIpc) is 2.70. The van der Waals surface area contributed by atoms with Crippen molar-refractivity contribution < 1.29 is 9.52 Å². The van der Waals surface area contributed by atoms with Gasteiger partial charge in [-0.25, -0.2) is 4.79 Å². The summed E-state index contributed by atoms with van der Waals surface area (Å²) in [6.07, 6.45) is 0. The van der Waals surface area contributed by atoms with Crippen molar-refractivity contribution >= 4 is 34.3 Å². The average molecular weight is 310 g/mol. The van der Waals surface area contributed by atoms with Gasteiger partial charge in [-0.2, -0.15) is 0 Å². The predicted octanol–water partition coefficient (Wildman–Crippen LogP) is 3.66. The molecule has 0 saturated heterocycles. The highest BCUT2D eigenvalue weighted by molar-refractivity contribution is 6.35. The first-order chi connectivity index (χ1) is 9.56. The van der Waals surface area contributed by atoms with Crippen molar-refractivity contribution in [1.82, 2.24) is 4.57 Å². The van der Waals surface area contributed by atoms with Crippen molar-refractivity contribution in [3.8, 4) is 5.75 Å². The molecule has 3 rings (SSSR count). The highest BCUT2D eigenvalue weighted by atomic mass is 35.5. The maximum atomic E-state index is 11.9. The largest absolute Gasteiger partial charge is 0.506 e. The van der Waals surface area contributed by atoms with E-state index in [-0.39, 0.29) is 12.3 Å². The zero-order valence-electron chi connectivity index (χ0n) is 10.1. The van der Waals surface area contributed by atoms with Gasteiger partial charge in [-0.15, -0.1) is 0 Å². The Kier molecular flexibility index (Phi) is 3.20. The lowest BCUT2D eigenvalue weighted by atomic mass is 10.2. The van der Waals surface area contributed by atoms with Crippen LogP contribution >= 0.6 is 23.2 Å². The van der Waals surface area contributed by atoms with E-state index in [0.717, 1.165) is 0 Å². The Balaban J connectivity index is 2.15. The molecule has 0 aliphatic heterocycles. The molecule has 6 heteroatoms. The van der Waals surface area contributed by atoms with Crippen molar-refractivity contribution in [2.24, 2.45) is 0 Å². The van der Waals surface area contributed by atoms with E-state index in [9.17, 15) is 9.90 Å². The van der Waals surface area contributed by atoms with Crippen molar-refractivity contribution in [2.75, 3.05) is 0 Å². The van der Waals surface area contributed by atoms with Gasteiger partial charge in [0.2, 0.25) is 0 Å². The number of aromatic hydroxyl groups is 1. The lowest BCUT2D eigenvalue weighted by Gasteiger charge is -2.06. The van der Waals surface area contributed by atoms with Crippen LogP contribution in [0.25, 0.3) is 11.1 Å². The monoisotopic (exact) mass is 309 g/mol. The zero-order valence-corrected chi connectivity index (χ0v) is 11.6. The quantitative estimate of drug-likeness (QED) is 0.786. The van der Waals surface area contributed by atoms with Crippen LogP contribution in [0, 0.1) is 0 Å². The number of fused-ring (bicyclic) bond motifs is 1. The molecular weight excluding hydrogens is 301 g/mol. The Morgan fingerprint density at radius 2 is 2.00 bits per heavy atom. The zero-order chi connectivity index (χ0) is 14.3. The number of nitrogens with zero attached hydrogens (tertiary/aromatic N) is 1. The first kappa shape index (κ1) is 13.1. The van der Waals surface area contributed by atoms with Crippen LogP contribution in [0.1, 0.15) is 5.56 Å². The normalized spacial score (nSPS) is 11.1. The Bertz CT molecular complexity index is 851. The molecule has 0 fully saturated rings. The van der Waals surface area contributed by atoms with Crippen LogP contribution < -0.4 is 5.76 Å². The number of phenolic OH excluding ortho intramolecular Hbond substituents is 1. The standard InChI is InChI=1S/C14H9Cl2NO3/c15-9-5-4-8(10(16)6-9)7-17-13-11(18)2-1-3-12(13)20-14(17)19/h1-6,18H,7H2. The number of hydrogen-bond donors (Lipinski definition) is 1. The number of halogens is 2. The molecule has 0 spiro atoms. The van der Waals surface area contributed by atoms with E-state index in [1.165, 1.54) is 10.6 Å². The van der Waals surface area contributed by atoms with Gasteiger partial charge in [0.1, 0.15) is 11.3 Å². The van der Waals surface area contributed by atoms with Crippen LogP contribution in [-0.2, 0) is 6.54 Å². The number of oxazole rings is 1. The molecule has 0 bridgehead atoms. The summed E-state index contributed by atoms with van der Waals surface area (Å²) in [5, 5.41) is 10.9. The van der Waals surface area contributed by atoms with Crippen molar-refractivity contribution in [2.45, 2.75) is 6.54 Å². The summed E-state index contributed by atoms with van der Waals surface area (Å²) < 4.78 is 6.43. The molecule has 0 aliphatic rings. The first-order valence-electron chi connectivity index (χ1n) is 5.81. The van der Waals surface area contributed by atoms with Gasteiger partial charge in [0.25, 0.3) is 0 Å². The van der Waals surface area contributed by atoms with E-state index in [1.807, 2.05) is 0 Å². The predicted molar refractivity (Wildman–Crippen MR) is 77.7 cm³/mol. The number of aromatic nitrogens is 1. The third-order valence-corrected chi connectivity index (χ3v) is 3.60. The van der Waals surface area contributed by atoms with E-state index in [4.69, 9.17) is 27.6 Å². The van der Waals surface area contributed by atoms with E-state index >= 15 is 0 Å². The fourth-order valence-corrected chi connectivity index (χ4v) is 2.54. The molecule has 0 atom stereocenters. The van der Waals surface area contributed by atoms with E-state index in [2.05, 4.69) is 0 Å². The van der Waals surface area contributed by atoms with Gasteiger partial charge in [-0.3, -0.25) is 4.57 Å². The minimum atomic E-state index is -0.549. The second-order valence-corrected chi connectivity index (χ2v) is 5.16. The second kappa shape index (κ2) is 4.89. The van der Waals surface area contributed by atoms with Crippen molar-refractivity contribution in [3.05, 3.63) is 62.6 Å². The van der Waals surface area contributed by atoms with Crippen LogP contribution in [0.2, 0.25) is 10.0 Å². The summed E-state index contributed by atoms with van der Waals surface area (Å²) in [4.78, 5) is 11.9. The van der Waals surface area contributed by atoms with Crippen LogP contribution in [-0.4, -0.2) is 9.67 Å². The van der Waals surface area contributed by atoms with E-state index in [1.54, 1.807) is 30.3 Å². The molecule has 4 nitrogen and oxygen atoms in total. The van der Waals surface area contributed by atoms with Gasteiger partial charge in [-0.1, -0.05) is 35.3 Å². The molecule has 1 N–H and O–H groups in total. The summed E-state index contributed by atoms with van der Waals surface area (Å²) in [5.74, 6) is -0.564. The summed E-state index contributed by atoms with van der Waals surface area (Å²) in [6, 6.07) is 9.76. The number of hydrogen-bond acceptors (Lipinski definition) is 3. The van der Waals surface area contributed by atoms with E-state index < -0.39 is 5.76 Å². The SMILES string of the molecule is O=c1oc2cccc(O)c2n1Cc1ccc(Cl)cc1Cl. The molecule has 3 aromatic rings.